The molecule has 150 valence electrons. The number of benzene rings is 1. The monoisotopic (exact) mass is 389 g/mol. The molecule has 28 heavy (non-hydrogen) atoms. The van der Waals surface area contributed by atoms with Crippen LogP contribution in [-0.2, 0) is 19.1 Å². The summed E-state index contributed by atoms with van der Waals surface area (Å²) in [5.41, 5.74) is -0.00853. The molecule has 0 bridgehead atoms. The Morgan fingerprint density at radius 3 is 2.57 bits per heavy atom. The van der Waals surface area contributed by atoms with Crippen molar-refractivity contribution < 1.29 is 23.5 Å². The zero-order valence-electron chi connectivity index (χ0n) is 15.7. The summed E-state index contributed by atoms with van der Waals surface area (Å²) in [5.74, 6) is -0.585. The van der Waals surface area contributed by atoms with Crippen molar-refractivity contribution in [3.8, 4) is 0 Å². The van der Waals surface area contributed by atoms with Gasteiger partial charge in [-0.3, -0.25) is 14.4 Å². The van der Waals surface area contributed by atoms with Gasteiger partial charge in [0.2, 0.25) is 11.8 Å². The maximum Gasteiger partial charge on any atom is 0.253 e. The van der Waals surface area contributed by atoms with Crippen molar-refractivity contribution >= 4 is 23.4 Å². The van der Waals surface area contributed by atoms with Gasteiger partial charge in [-0.05, 0) is 43.5 Å². The number of carbonyl (C=O) groups is 3. The van der Waals surface area contributed by atoms with Crippen molar-refractivity contribution in [3.05, 3.63) is 30.1 Å². The summed E-state index contributed by atoms with van der Waals surface area (Å²) in [6.45, 7) is 2.01. The first-order chi connectivity index (χ1) is 13.5. The molecule has 3 aliphatic heterocycles. The zero-order valence-corrected chi connectivity index (χ0v) is 15.7. The molecule has 0 aliphatic carbocycles. The van der Waals surface area contributed by atoms with Gasteiger partial charge in [-0.2, -0.15) is 0 Å². The van der Waals surface area contributed by atoms with E-state index in [1.165, 1.54) is 12.1 Å². The Bertz CT molecular complexity index is 784. The fourth-order valence-electron chi connectivity index (χ4n) is 4.26. The lowest BCUT2D eigenvalue weighted by Gasteiger charge is -2.47. The van der Waals surface area contributed by atoms with Crippen LogP contribution in [-0.4, -0.2) is 72.5 Å². The second kappa shape index (κ2) is 7.50. The van der Waals surface area contributed by atoms with Gasteiger partial charge in [0.25, 0.3) is 5.91 Å². The third kappa shape index (κ3) is 3.73. The van der Waals surface area contributed by atoms with Crippen molar-refractivity contribution in [2.24, 2.45) is 0 Å². The van der Waals surface area contributed by atoms with Crippen LogP contribution >= 0.6 is 0 Å². The first-order valence-corrected chi connectivity index (χ1v) is 9.71. The molecule has 1 atom stereocenters. The molecule has 0 aromatic heterocycles. The van der Waals surface area contributed by atoms with Crippen LogP contribution in [0.3, 0.4) is 0 Å². The first-order valence-electron chi connectivity index (χ1n) is 9.71. The Labute approximate surface area is 163 Å². The molecule has 3 amide bonds. The third-order valence-corrected chi connectivity index (χ3v) is 5.78. The highest BCUT2D eigenvalue weighted by Gasteiger charge is 2.44. The van der Waals surface area contributed by atoms with Crippen LogP contribution in [0.5, 0.6) is 0 Å². The molecule has 1 spiro atoms. The number of nitrogens with zero attached hydrogens (tertiary/aromatic N) is 3. The maximum absolute atomic E-state index is 13.2. The van der Waals surface area contributed by atoms with Gasteiger partial charge < -0.3 is 19.4 Å². The minimum atomic E-state index is -0.634. The minimum Gasteiger partial charge on any atom is -0.361 e. The summed E-state index contributed by atoms with van der Waals surface area (Å²) in [5, 5.41) is 0. The molecule has 3 fully saturated rings. The van der Waals surface area contributed by atoms with Gasteiger partial charge in [0, 0.05) is 25.2 Å². The van der Waals surface area contributed by atoms with Crippen LogP contribution in [0.1, 0.15) is 25.7 Å². The number of likely N-dealkylation sites (tertiary alicyclic amines) is 2. The molecule has 3 saturated heterocycles. The molecule has 3 heterocycles. The van der Waals surface area contributed by atoms with Gasteiger partial charge in [0.05, 0.1) is 19.6 Å². The second-order valence-corrected chi connectivity index (χ2v) is 7.77. The van der Waals surface area contributed by atoms with E-state index in [1.54, 1.807) is 26.8 Å². The zero-order chi connectivity index (χ0) is 19.7. The largest absolute Gasteiger partial charge is 0.361 e. The highest BCUT2D eigenvalue weighted by atomic mass is 19.1. The fourth-order valence-corrected chi connectivity index (χ4v) is 4.26. The second-order valence-electron chi connectivity index (χ2n) is 7.77. The maximum atomic E-state index is 13.2. The van der Waals surface area contributed by atoms with Gasteiger partial charge in [0.1, 0.15) is 18.0 Å². The van der Waals surface area contributed by atoms with Crippen LogP contribution < -0.4 is 4.90 Å². The molecule has 1 aromatic carbocycles. The van der Waals surface area contributed by atoms with Crippen LogP contribution in [0.4, 0.5) is 10.1 Å². The number of hydrogen-bond acceptors (Lipinski definition) is 4. The molecule has 7 nitrogen and oxygen atoms in total. The van der Waals surface area contributed by atoms with E-state index in [0.717, 1.165) is 19.3 Å². The lowest BCUT2D eigenvalue weighted by atomic mass is 9.90. The molecule has 8 heteroatoms. The number of anilines is 1. The highest BCUT2D eigenvalue weighted by molar-refractivity contribution is 5.95. The van der Waals surface area contributed by atoms with E-state index in [2.05, 4.69) is 0 Å². The quantitative estimate of drug-likeness (QED) is 0.778. The average Bonchev–Trinajstić information content (AvgIpc) is 3.09. The molecule has 0 N–H and O–H groups in total. The van der Waals surface area contributed by atoms with Crippen LogP contribution in [0.2, 0.25) is 0 Å². The average molecular weight is 389 g/mol. The van der Waals surface area contributed by atoms with Crippen LogP contribution in [0, 0.1) is 5.82 Å². The lowest BCUT2D eigenvalue weighted by Crippen LogP contribution is -2.62. The van der Waals surface area contributed by atoms with E-state index >= 15 is 0 Å². The Hall–Kier alpha value is -2.48. The normalized spacial score (nSPS) is 25.7. The molecule has 1 aromatic rings. The summed E-state index contributed by atoms with van der Waals surface area (Å²) in [4.78, 5) is 41.9. The third-order valence-electron chi connectivity index (χ3n) is 5.78. The van der Waals surface area contributed by atoms with E-state index in [9.17, 15) is 18.8 Å². The summed E-state index contributed by atoms with van der Waals surface area (Å²) < 4.78 is 19.2. The molecular weight excluding hydrogens is 365 g/mol. The minimum absolute atomic E-state index is 0.0297. The summed E-state index contributed by atoms with van der Waals surface area (Å²) in [6.07, 6.45) is 2.82. The highest BCUT2D eigenvalue weighted by Crippen LogP contribution is 2.32. The number of hydrogen-bond donors (Lipinski definition) is 0. The Morgan fingerprint density at radius 2 is 1.86 bits per heavy atom. The lowest BCUT2D eigenvalue weighted by molar-refractivity contribution is -0.155. The molecule has 1 unspecified atom stereocenters. The number of rotatable bonds is 3. The number of piperidine rings is 1. The van der Waals surface area contributed by atoms with Gasteiger partial charge in [-0.1, -0.05) is 0 Å². The van der Waals surface area contributed by atoms with E-state index < -0.39 is 5.60 Å². The van der Waals surface area contributed by atoms with Gasteiger partial charge in [-0.15, -0.1) is 0 Å². The van der Waals surface area contributed by atoms with E-state index in [0.29, 0.717) is 38.3 Å². The van der Waals surface area contributed by atoms with Crippen molar-refractivity contribution in [1.29, 1.82) is 0 Å². The predicted octanol–water partition coefficient (Wildman–Crippen LogP) is 1.17. The molecule has 0 radical (unpaired) electrons. The first kappa shape index (κ1) is 18.9. The van der Waals surface area contributed by atoms with Gasteiger partial charge in [-0.25, -0.2) is 4.39 Å². The van der Waals surface area contributed by atoms with Crippen molar-refractivity contribution in [2.75, 3.05) is 44.2 Å². The van der Waals surface area contributed by atoms with Crippen molar-refractivity contribution in [1.82, 2.24) is 9.80 Å². The number of carbonyl (C=O) groups excluding carboxylic acids is 3. The van der Waals surface area contributed by atoms with Gasteiger partial charge >= 0.3 is 0 Å². The number of morpholine rings is 1. The predicted molar refractivity (Wildman–Crippen MR) is 99.1 cm³/mol. The molecule has 4 rings (SSSR count). The summed E-state index contributed by atoms with van der Waals surface area (Å²) in [7, 11) is 0. The number of halogens is 1. The Morgan fingerprint density at radius 1 is 1.07 bits per heavy atom. The van der Waals surface area contributed by atoms with E-state index in [-0.39, 0.29) is 36.7 Å². The van der Waals surface area contributed by atoms with E-state index in [1.807, 2.05) is 0 Å². The van der Waals surface area contributed by atoms with Crippen LogP contribution in [0.15, 0.2) is 24.3 Å². The van der Waals surface area contributed by atoms with Crippen molar-refractivity contribution in [3.63, 3.8) is 0 Å². The Kier molecular flexibility index (Phi) is 5.05. The molecular formula is C20H24FN3O4. The van der Waals surface area contributed by atoms with E-state index in [4.69, 9.17) is 4.74 Å². The SMILES string of the molecule is O=C1CCCN1CC(=O)N1CCCC2(C1)CN(c1ccc(F)cc1)C(=O)CO2. The molecule has 0 saturated carbocycles. The van der Waals surface area contributed by atoms with Crippen molar-refractivity contribution in [2.45, 2.75) is 31.3 Å². The summed E-state index contributed by atoms with van der Waals surface area (Å²) in [6, 6.07) is 5.82. The number of ether oxygens (including phenoxy) is 1. The van der Waals surface area contributed by atoms with Gasteiger partial charge in [0.15, 0.2) is 0 Å². The number of amides is 3. The Balaban J connectivity index is 1.46. The standard InChI is InChI=1S/C20H24FN3O4/c21-15-4-6-16(7-5-15)24-14-20(28-12-19(24)27)8-2-10-23(13-20)18(26)11-22-9-1-3-17(22)25/h4-7H,1-3,8-14H2. The topological polar surface area (TPSA) is 70.2 Å². The van der Waals surface area contributed by atoms with Crippen LogP contribution in [0.25, 0.3) is 0 Å². The summed E-state index contributed by atoms with van der Waals surface area (Å²) >= 11 is 0. The molecule has 3 aliphatic rings. The smallest absolute Gasteiger partial charge is 0.253 e. The fraction of sp³-hybridized carbons (Fsp3) is 0.550.